The quantitative estimate of drug-likeness (QED) is 0.490. The van der Waals surface area contributed by atoms with Crippen LogP contribution in [0.2, 0.25) is 0 Å². The third-order valence-corrected chi connectivity index (χ3v) is 11.1. The van der Waals surface area contributed by atoms with Crippen molar-refractivity contribution in [2.45, 2.75) is 82.2 Å². The summed E-state index contributed by atoms with van der Waals surface area (Å²) in [6.45, 7) is 6.95. The summed E-state index contributed by atoms with van der Waals surface area (Å²) in [6, 6.07) is 7.07. The van der Waals surface area contributed by atoms with Crippen LogP contribution in [0.15, 0.2) is 18.2 Å². The number of hydrogen-bond donors (Lipinski definition) is 1. The average Bonchev–Trinajstić information content (AvgIpc) is 3.64. The molecule has 6 aliphatic rings. The molecular weight excluding hydrogens is 562 g/mol. The zero-order chi connectivity index (χ0) is 29.7. The van der Waals surface area contributed by atoms with E-state index in [4.69, 9.17) is 24.4 Å². The summed E-state index contributed by atoms with van der Waals surface area (Å²) in [5, 5.41) is 6.34. The number of anilines is 1. The topological polar surface area (TPSA) is 75.6 Å². The molecule has 2 aromatic heterocycles. The van der Waals surface area contributed by atoms with Crippen LogP contribution in [-0.2, 0) is 0 Å². The lowest BCUT2D eigenvalue weighted by molar-refractivity contribution is 0.107. The normalized spacial score (nSPS) is 32.1. The summed E-state index contributed by atoms with van der Waals surface area (Å²) in [7, 11) is 0. The number of ether oxygens (including phenoxy) is 2. The van der Waals surface area contributed by atoms with Crippen molar-refractivity contribution in [1.29, 1.82) is 0 Å². The van der Waals surface area contributed by atoms with Crippen molar-refractivity contribution >= 4 is 28.4 Å². The zero-order valence-electron chi connectivity index (χ0n) is 25.3. The molecular formula is C34H38F2N6O2. The lowest BCUT2D eigenvalue weighted by Gasteiger charge is -2.40. The fourth-order valence-electron chi connectivity index (χ4n) is 8.94. The number of alkyl halides is 1. The van der Waals surface area contributed by atoms with Crippen molar-refractivity contribution in [3.05, 3.63) is 45.7 Å². The number of rotatable bonds is 4. The Balaban J connectivity index is 1.23. The number of pyridine rings is 1. The molecule has 9 rings (SSSR count). The van der Waals surface area contributed by atoms with Gasteiger partial charge in [0.15, 0.2) is 5.82 Å². The van der Waals surface area contributed by atoms with E-state index >= 15 is 4.39 Å². The molecule has 1 aromatic carbocycles. The molecule has 6 atom stereocenters. The molecule has 4 unspecified atom stereocenters. The Morgan fingerprint density at radius 3 is 3.00 bits per heavy atom. The number of nitrogens with one attached hydrogen (secondary N) is 1. The van der Waals surface area contributed by atoms with Gasteiger partial charge in [0.2, 0.25) is 5.88 Å². The third-order valence-electron chi connectivity index (χ3n) is 11.1. The summed E-state index contributed by atoms with van der Waals surface area (Å²) >= 11 is 0. The van der Waals surface area contributed by atoms with Gasteiger partial charge in [0.1, 0.15) is 41.8 Å². The second-order valence-corrected chi connectivity index (χ2v) is 13.9. The van der Waals surface area contributed by atoms with E-state index < -0.39 is 12.0 Å². The van der Waals surface area contributed by atoms with E-state index in [1.165, 1.54) is 0 Å². The van der Waals surface area contributed by atoms with Gasteiger partial charge in [-0.2, -0.15) is 9.97 Å². The van der Waals surface area contributed by atoms with Crippen molar-refractivity contribution in [3.8, 4) is 11.9 Å². The molecule has 0 saturated carbocycles. The minimum atomic E-state index is -0.859. The van der Waals surface area contributed by atoms with E-state index in [1.54, 1.807) is 0 Å². The number of nitrogens with zero attached hydrogens (tertiary/aromatic N) is 5. The second kappa shape index (κ2) is 9.81. The molecule has 0 radical (unpaired) electrons. The predicted molar refractivity (Wildman–Crippen MR) is 164 cm³/mol. The van der Waals surface area contributed by atoms with Crippen molar-refractivity contribution < 1.29 is 18.3 Å². The number of benzene rings is 1. The molecule has 4 saturated heterocycles. The largest absolute Gasteiger partial charge is 0.475 e. The van der Waals surface area contributed by atoms with Gasteiger partial charge in [-0.25, -0.2) is 13.8 Å². The lowest BCUT2D eigenvalue weighted by Crippen LogP contribution is -2.60. The molecule has 0 spiro atoms. The number of hydrogen-bond acceptors (Lipinski definition) is 8. The Bertz CT molecular complexity index is 1820. The van der Waals surface area contributed by atoms with Gasteiger partial charge in [-0.1, -0.05) is 36.8 Å². The van der Waals surface area contributed by atoms with Crippen LogP contribution in [0.1, 0.15) is 56.7 Å². The summed E-state index contributed by atoms with van der Waals surface area (Å²) in [5.74, 6) is 0.594. The number of aromatic nitrogens is 3. The SMILES string of the molecule is Cc1ccc2c(c1)=C(c1nc3c4c(nc(OC[C@@]56CCCN5C[C@H](F)C6)nc4c1F)N1CC4CCC(N4)C1CO3)C(C)CC=2. The Hall–Kier alpha value is -3.37. The second-order valence-electron chi connectivity index (χ2n) is 13.9. The summed E-state index contributed by atoms with van der Waals surface area (Å²) < 4.78 is 44.4. The first kappa shape index (κ1) is 27.0. The van der Waals surface area contributed by atoms with Gasteiger partial charge in [0, 0.05) is 31.6 Å². The number of fused-ring (bicyclic) bond motifs is 7. The van der Waals surface area contributed by atoms with Gasteiger partial charge in [0.25, 0.3) is 0 Å². The minimum absolute atomic E-state index is 0.0330. The highest BCUT2D eigenvalue weighted by Crippen LogP contribution is 2.44. The molecule has 3 aromatic rings. The highest BCUT2D eigenvalue weighted by molar-refractivity contribution is 5.97. The molecule has 1 N–H and O–H groups in total. The molecule has 2 bridgehead atoms. The Morgan fingerprint density at radius 1 is 1.18 bits per heavy atom. The van der Waals surface area contributed by atoms with Gasteiger partial charge < -0.3 is 19.7 Å². The van der Waals surface area contributed by atoms with E-state index in [9.17, 15) is 4.39 Å². The van der Waals surface area contributed by atoms with E-state index in [0.717, 1.165) is 66.8 Å². The van der Waals surface area contributed by atoms with Crippen molar-refractivity contribution in [2.24, 2.45) is 5.92 Å². The maximum Gasteiger partial charge on any atom is 0.319 e. The third kappa shape index (κ3) is 4.02. The van der Waals surface area contributed by atoms with Gasteiger partial charge in [-0.15, -0.1) is 0 Å². The zero-order valence-corrected chi connectivity index (χ0v) is 25.3. The molecule has 0 amide bonds. The van der Waals surface area contributed by atoms with Gasteiger partial charge >= 0.3 is 6.01 Å². The van der Waals surface area contributed by atoms with E-state index in [2.05, 4.69) is 53.2 Å². The van der Waals surface area contributed by atoms with Crippen molar-refractivity contribution in [1.82, 2.24) is 25.2 Å². The molecule has 44 heavy (non-hydrogen) atoms. The molecule has 1 aliphatic carbocycles. The highest BCUT2D eigenvalue weighted by Gasteiger charge is 2.50. The first-order valence-corrected chi connectivity index (χ1v) is 16.3. The van der Waals surface area contributed by atoms with E-state index in [-0.39, 0.29) is 47.4 Å². The number of aryl methyl sites for hydroxylation is 1. The number of halogens is 2. The monoisotopic (exact) mass is 600 g/mol. The maximum atomic E-state index is 17.1. The Morgan fingerprint density at radius 2 is 2.09 bits per heavy atom. The Labute approximate surface area is 255 Å². The van der Waals surface area contributed by atoms with Crippen LogP contribution in [0.5, 0.6) is 11.9 Å². The average molecular weight is 601 g/mol. The van der Waals surface area contributed by atoms with Crippen LogP contribution in [0, 0.1) is 18.7 Å². The van der Waals surface area contributed by atoms with Crippen LogP contribution in [0.3, 0.4) is 0 Å². The van der Waals surface area contributed by atoms with Gasteiger partial charge in [0.05, 0.1) is 11.6 Å². The Kier molecular flexibility index (Phi) is 6.02. The van der Waals surface area contributed by atoms with Crippen LogP contribution in [0.25, 0.3) is 22.6 Å². The van der Waals surface area contributed by atoms with Crippen LogP contribution in [-0.4, -0.2) is 82.5 Å². The maximum absolute atomic E-state index is 17.1. The molecule has 10 heteroatoms. The molecule has 7 heterocycles. The summed E-state index contributed by atoms with van der Waals surface area (Å²) in [5.41, 5.74) is 2.09. The molecule has 5 aliphatic heterocycles. The smallest absolute Gasteiger partial charge is 0.319 e. The standard InChI is InChI=1S/C34H38F2N6O2/c1-18-4-6-20-7-5-19(2)26(23(20)12-18)29-28(36)30-27-31(42-15-22-8-9-24(37-22)25(42)16-43-32(27)38-29)40-33(39-30)44-17-34-10-3-11-41(34)14-21(35)13-34/h4,6-7,12,19,21-22,24-25,37H,3,5,8-11,13-17H2,1-2H3/t19?,21-,22?,24?,25?,34+/m1/s1. The fraction of sp³-hybridized carbons (Fsp3) is 0.559. The molecule has 230 valence electrons. The van der Waals surface area contributed by atoms with Crippen molar-refractivity contribution in [3.63, 3.8) is 0 Å². The molecule has 8 nitrogen and oxygen atoms in total. The number of piperazine rings is 1. The minimum Gasteiger partial charge on any atom is -0.475 e. The lowest BCUT2D eigenvalue weighted by atomic mass is 9.87. The van der Waals surface area contributed by atoms with Crippen LogP contribution in [0.4, 0.5) is 14.6 Å². The predicted octanol–water partition coefficient (Wildman–Crippen LogP) is 3.15. The fourth-order valence-corrected chi connectivity index (χ4v) is 8.94. The summed E-state index contributed by atoms with van der Waals surface area (Å²) in [6.07, 6.45) is 6.64. The first-order valence-electron chi connectivity index (χ1n) is 16.3. The van der Waals surface area contributed by atoms with E-state index in [0.29, 0.717) is 42.7 Å². The van der Waals surface area contributed by atoms with Gasteiger partial charge in [-0.05, 0) is 67.5 Å². The van der Waals surface area contributed by atoms with Crippen molar-refractivity contribution in [2.75, 3.05) is 37.7 Å². The molecule has 4 fully saturated rings. The van der Waals surface area contributed by atoms with E-state index in [1.807, 2.05) is 0 Å². The van der Waals surface area contributed by atoms with Crippen LogP contribution >= 0.6 is 0 Å². The van der Waals surface area contributed by atoms with Crippen LogP contribution < -0.4 is 30.1 Å². The van der Waals surface area contributed by atoms with Gasteiger partial charge in [-0.3, -0.25) is 4.90 Å². The first-order chi connectivity index (χ1) is 21.4. The summed E-state index contributed by atoms with van der Waals surface area (Å²) in [4.78, 5) is 19.1. The highest BCUT2D eigenvalue weighted by atomic mass is 19.1.